The number of hydrogen-bond donors (Lipinski definition) is 1. The first-order valence-electron chi connectivity index (χ1n) is 8.63. The van der Waals surface area contributed by atoms with Crippen molar-refractivity contribution < 1.29 is 14.3 Å². The van der Waals surface area contributed by atoms with Crippen molar-refractivity contribution in [3.63, 3.8) is 0 Å². The lowest BCUT2D eigenvalue weighted by Crippen LogP contribution is -2.50. The quantitative estimate of drug-likeness (QED) is 0.883. The van der Waals surface area contributed by atoms with Crippen LogP contribution in [0.5, 0.6) is 5.75 Å². The van der Waals surface area contributed by atoms with Gasteiger partial charge in [-0.25, -0.2) is 0 Å². The second-order valence-corrected chi connectivity index (χ2v) is 7.13. The molecule has 2 fully saturated rings. The fourth-order valence-electron chi connectivity index (χ4n) is 3.61. The number of nitrogens with zero attached hydrogens (tertiary/aromatic N) is 2. The summed E-state index contributed by atoms with van der Waals surface area (Å²) in [6.07, 6.45) is 2.58. The van der Waals surface area contributed by atoms with Crippen LogP contribution >= 0.6 is 11.6 Å². The molecule has 1 aromatic carbocycles. The Kier molecular flexibility index (Phi) is 5.49. The number of nitrogens with one attached hydrogen (secondary N) is 1. The van der Waals surface area contributed by atoms with Crippen LogP contribution in [-0.4, -0.2) is 67.5 Å². The van der Waals surface area contributed by atoms with E-state index in [1.807, 2.05) is 7.05 Å². The van der Waals surface area contributed by atoms with Crippen molar-refractivity contribution in [2.24, 2.45) is 0 Å². The molecule has 0 aliphatic carbocycles. The minimum atomic E-state index is -0.149. The third-order valence-electron chi connectivity index (χ3n) is 5.11. The molecule has 0 bridgehead atoms. The molecule has 25 heavy (non-hydrogen) atoms. The molecule has 2 aliphatic rings. The van der Waals surface area contributed by atoms with Gasteiger partial charge in [0.15, 0.2) is 0 Å². The van der Waals surface area contributed by atoms with Crippen molar-refractivity contribution in [3.8, 4) is 5.75 Å². The number of hydrogen-bond acceptors (Lipinski definition) is 4. The Labute approximate surface area is 153 Å². The third kappa shape index (κ3) is 3.90. The van der Waals surface area contributed by atoms with Crippen molar-refractivity contribution >= 4 is 23.4 Å². The van der Waals surface area contributed by atoms with Crippen LogP contribution in [0.15, 0.2) is 18.2 Å². The van der Waals surface area contributed by atoms with Crippen LogP contribution in [0.2, 0.25) is 5.02 Å². The van der Waals surface area contributed by atoms with Gasteiger partial charge in [0, 0.05) is 37.7 Å². The lowest BCUT2D eigenvalue weighted by atomic mass is 10.0. The number of likely N-dealkylation sites (N-methyl/N-ethyl adjacent to an activating group) is 1. The number of ether oxygens (including phenoxy) is 1. The topological polar surface area (TPSA) is 61.9 Å². The fourth-order valence-corrected chi connectivity index (χ4v) is 3.78. The zero-order valence-electron chi connectivity index (χ0n) is 14.6. The Balaban J connectivity index is 1.56. The summed E-state index contributed by atoms with van der Waals surface area (Å²) in [5, 5.41) is 3.61. The van der Waals surface area contributed by atoms with Crippen LogP contribution in [0.4, 0.5) is 0 Å². The van der Waals surface area contributed by atoms with Crippen molar-refractivity contribution in [2.45, 2.75) is 31.3 Å². The van der Waals surface area contributed by atoms with E-state index in [-0.39, 0.29) is 23.9 Å². The molecule has 2 aliphatic heterocycles. The first kappa shape index (κ1) is 18.0. The van der Waals surface area contributed by atoms with E-state index in [1.165, 1.54) is 7.11 Å². The largest absolute Gasteiger partial charge is 0.496 e. The van der Waals surface area contributed by atoms with Gasteiger partial charge < -0.3 is 15.0 Å². The van der Waals surface area contributed by atoms with Gasteiger partial charge in [-0.2, -0.15) is 0 Å². The molecule has 0 saturated carbocycles. The number of carbonyl (C=O) groups excluding carboxylic acids is 2. The molecule has 1 aromatic rings. The van der Waals surface area contributed by atoms with Crippen LogP contribution < -0.4 is 10.1 Å². The van der Waals surface area contributed by atoms with Crippen LogP contribution in [0.25, 0.3) is 0 Å². The maximum absolute atomic E-state index is 12.5. The SMILES string of the molecule is COc1cc(Cl)ccc1C(=O)NC1CCN(C2CCN(C)C2=O)CC1. The molecule has 7 heteroatoms. The number of methoxy groups -OCH3 is 1. The molecule has 2 heterocycles. The molecule has 0 radical (unpaired) electrons. The van der Waals surface area contributed by atoms with Gasteiger partial charge in [-0.1, -0.05) is 11.6 Å². The number of halogens is 1. The van der Waals surface area contributed by atoms with Crippen LogP contribution in [0, 0.1) is 0 Å². The summed E-state index contributed by atoms with van der Waals surface area (Å²) < 4.78 is 5.25. The summed E-state index contributed by atoms with van der Waals surface area (Å²) >= 11 is 5.94. The first-order chi connectivity index (χ1) is 12.0. The number of carbonyl (C=O) groups is 2. The number of amides is 2. The fraction of sp³-hybridized carbons (Fsp3) is 0.556. The molecule has 6 nitrogen and oxygen atoms in total. The van der Waals surface area contributed by atoms with Crippen LogP contribution in [0.1, 0.15) is 29.6 Å². The van der Waals surface area contributed by atoms with Gasteiger partial charge in [-0.3, -0.25) is 14.5 Å². The van der Waals surface area contributed by atoms with E-state index in [1.54, 1.807) is 23.1 Å². The summed E-state index contributed by atoms with van der Waals surface area (Å²) in [5.41, 5.74) is 0.488. The molecule has 2 saturated heterocycles. The molecule has 1 atom stereocenters. The maximum Gasteiger partial charge on any atom is 0.255 e. The Morgan fingerprint density at radius 1 is 1.24 bits per heavy atom. The average Bonchev–Trinajstić information content (AvgIpc) is 2.94. The summed E-state index contributed by atoms with van der Waals surface area (Å²) in [6.45, 7) is 2.48. The van der Waals surface area contributed by atoms with Crippen LogP contribution in [-0.2, 0) is 4.79 Å². The van der Waals surface area contributed by atoms with E-state index in [2.05, 4.69) is 10.2 Å². The lowest BCUT2D eigenvalue weighted by Gasteiger charge is -2.35. The molecular weight excluding hydrogens is 342 g/mol. The van der Waals surface area contributed by atoms with Gasteiger partial charge in [0.05, 0.1) is 18.7 Å². The smallest absolute Gasteiger partial charge is 0.255 e. The summed E-state index contributed by atoms with van der Waals surface area (Å²) in [7, 11) is 3.38. The highest BCUT2D eigenvalue weighted by atomic mass is 35.5. The second kappa shape index (κ2) is 7.62. The van der Waals surface area contributed by atoms with Crippen molar-refractivity contribution in [3.05, 3.63) is 28.8 Å². The summed E-state index contributed by atoms with van der Waals surface area (Å²) in [6, 6.07) is 5.13. The van der Waals surface area contributed by atoms with E-state index < -0.39 is 0 Å². The molecule has 2 amide bonds. The highest BCUT2D eigenvalue weighted by Crippen LogP contribution is 2.24. The minimum Gasteiger partial charge on any atom is -0.496 e. The van der Waals surface area contributed by atoms with E-state index in [0.717, 1.165) is 38.9 Å². The van der Waals surface area contributed by atoms with E-state index >= 15 is 0 Å². The molecule has 0 aromatic heterocycles. The van der Waals surface area contributed by atoms with E-state index in [0.29, 0.717) is 16.3 Å². The normalized spacial score (nSPS) is 22.3. The van der Waals surface area contributed by atoms with E-state index in [9.17, 15) is 9.59 Å². The average molecular weight is 366 g/mol. The number of piperidine rings is 1. The predicted octanol–water partition coefficient (Wildman–Crippen LogP) is 1.77. The van der Waals surface area contributed by atoms with Crippen molar-refractivity contribution in [1.29, 1.82) is 0 Å². The number of rotatable bonds is 4. The molecule has 1 unspecified atom stereocenters. The maximum atomic E-state index is 12.5. The molecule has 0 spiro atoms. The van der Waals surface area contributed by atoms with Crippen molar-refractivity contribution in [2.75, 3.05) is 33.8 Å². The van der Waals surface area contributed by atoms with Gasteiger partial charge in [0.1, 0.15) is 5.75 Å². The predicted molar refractivity (Wildman–Crippen MR) is 96.1 cm³/mol. The standard InChI is InChI=1S/C18H24ClN3O3/c1-21-8-7-15(18(21)24)22-9-5-13(6-10-22)20-17(23)14-4-3-12(19)11-16(14)25-2/h3-4,11,13,15H,5-10H2,1-2H3,(H,20,23). The third-order valence-corrected chi connectivity index (χ3v) is 5.35. The van der Waals surface area contributed by atoms with E-state index in [4.69, 9.17) is 16.3 Å². The zero-order valence-corrected chi connectivity index (χ0v) is 15.4. The first-order valence-corrected chi connectivity index (χ1v) is 9.01. The lowest BCUT2D eigenvalue weighted by molar-refractivity contribution is -0.131. The molecular formula is C18H24ClN3O3. The van der Waals surface area contributed by atoms with Gasteiger partial charge >= 0.3 is 0 Å². The van der Waals surface area contributed by atoms with Crippen LogP contribution in [0.3, 0.4) is 0 Å². The van der Waals surface area contributed by atoms with Gasteiger partial charge in [-0.15, -0.1) is 0 Å². The van der Waals surface area contributed by atoms with Gasteiger partial charge in [0.2, 0.25) is 5.91 Å². The monoisotopic (exact) mass is 365 g/mol. The Morgan fingerprint density at radius 3 is 2.56 bits per heavy atom. The number of likely N-dealkylation sites (tertiary alicyclic amines) is 2. The summed E-state index contributed by atoms with van der Waals surface area (Å²) in [4.78, 5) is 28.7. The molecule has 1 N–H and O–H groups in total. The molecule has 3 rings (SSSR count). The highest BCUT2D eigenvalue weighted by Gasteiger charge is 2.35. The van der Waals surface area contributed by atoms with Crippen molar-refractivity contribution in [1.82, 2.24) is 15.1 Å². The zero-order chi connectivity index (χ0) is 18.0. The highest BCUT2D eigenvalue weighted by molar-refractivity contribution is 6.30. The minimum absolute atomic E-state index is 0.0120. The van der Waals surface area contributed by atoms with Gasteiger partial charge in [0.25, 0.3) is 5.91 Å². The Morgan fingerprint density at radius 2 is 1.96 bits per heavy atom. The second-order valence-electron chi connectivity index (χ2n) is 6.69. The summed E-state index contributed by atoms with van der Waals surface area (Å²) in [5.74, 6) is 0.541. The Hall–Kier alpha value is -1.79. The number of benzene rings is 1. The Bertz CT molecular complexity index is 659. The molecule has 136 valence electrons. The van der Waals surface area contributed by atoms with Gasteiger partial charge in [-0.05, 0) is 37.5 Å².